The van der Waals surface area contributed by atoms with Gasteiger partial charge in [-0.3, -0.25) is 14.4 Å². The van der Waals surface area contributed by atoms with E-state index in [1.165, 1.54) is 6.20 Å². The zero-order valence-electron chi connectivity index (χ0n) is 13.9. The quantitative estimate of drug-likeness (QED) is 0.530. The van der Waals surface area contributed by atoms with Crippen LogP contribution in [-0.4, -0.2) is 34.6 Å². The predicted molar refractivity (Wildman–Crippen MR) is 98.1 cm³/mol. The van der Waals surface area contributed by atoms with Gasteiger partial charge in [-0.1, -0.05) is 6.07 Å². The first-order valence-corrected chi connectivity index (χ1v) is 9.71. The molecule has 1 aromatic heterocycles. The molecule has 2 N–H and O–H groups in total. The Labute approximate surface area is 160 Å². The molecule has 0 radical (unpaired) electrons. The molecule has 0 aliphatic carbocycles. The van der Waals surface area contributed by atoms with Gasteiger partial charge in [0, 0.05) is 17.1 Å². The number of halogens is 3. The van der Waals surface area contributed by atoms with Crippen molar-refractivity contribution in [2.75, 3.05) is 22.6 Å². The molecular formula is C16H14F3N3O3S2. The maximum absolute atomic E-state index is 13.3. The Kier molecular flexibility index (Phi) is 6.97. The van der Waals surface area contributed by atoms with Crippen molar-refractivity contribution < 1.29 is 27.6 Å². The minimum atomic E-state index is -4.78. The fourth-order valence-corrected chi connectivity index (χ4v) is 3.03. The first-order valence-electron chi connectivity index (χ1n) is 7.44. The first kappa shape index (κ1) is 20.9. The number of hydrogen-bond donors (Lipinski definition) is 2. The van der Waals surface area contributed by atoms with Gasteiger partial charge in [0.05, 0.1) is 23.4 Å². The lowest BCUT2D eigenvalue weighted by Gasteiger charge is -2.17. The number of ketones is 1. The number of Topliss-reactive ketones (excluding diaryl/α,β-unsaturated/α-hetero) is 1. The number of amides is 2. The van der Waals surface area contributed by atoms with Crippen LogP contribution in [0.3, 0.4) is 0 Å². The molecule has 0 aliphatic heterocycles. The normalized spacial score (nSPS) is 11.1. The van der Waals surface area contributed by atoms with Crippen molar-refractivity contribution in [3.8, 4) is 0 Å². The molecule has 0 fully saturated rings. The number of carbonyl (C=O) groups is 3. The van der Waals surface area contributed by atoms with E-state index < -0.39 is 41.4 Å². The van der Waals surface area contributed by atoms with Gasteiger partial charge < -0.3 is 10.6 Å². The topological polar surface area (TPSA) is 88.2 Å². The summed E-state index contributed by atoms with van der Waals surface area (Å²) in [4.78, 5) is 40.0. The SMILES string of the molecule is CSCC(=O)Nc1c(C(=O)CC(=O)Nc2nccs2)cccc1C(F)(F)F. The highest BCUT2D eigenvalue weighted by atomic mass is 32.2. The highest BCUT2D eigenvalue weighted by molar-refractivity contribution is 7.99. The molecule has 0 spiro atoms. The summed E-state index contributed by atoms with van der Waals surface area (Å²) in [5.41, 5.74) is -2.17. The molecule has 6 nitrogen and oxygen atoms in total. The molecule has 0 aliphatic rings. The molecule has 27 heavy (non-hydrogen) atoms. The van der Waals surface area contributed by atoms with Crippen molar-refractivity contribution in [2.24, 2.45) is 0 Å². The fraction of sp³-hybridized carbons (Fsp3) is 0.250. The van der Waals surface area contributed by atoms with Crippen molar-refractivity contribution >= 4 is 51.5 Å². The third kappa shape index (κ3) is 5.79. The van der Waals surface area contributed by atoms with E-state index in [9.17, 15) is 27.6 Å². The Hall–Kier alpha value is -2.40. The van der Waals surface area contributed by atoms with Gasteiger partial charge in [-0.2, -0.15) is 24.9 Å². The Bertz CT molecular complexity index is 839. The van der Waals surface area contributed by atoms with Gasteiger partial charge in [0.1, 0.15) is 0 Å². The van der Waals surface area contributed by atoms with Crippen molar-refractivity contribution in [3.63, 3.8) is 0 Å². The minimum Gasteiger partial charge on any atom is -0.324 e. The lowest BCUT2D eigenvalue weighted by Crippen LogP contribution is -2.22. The van der Waals surface area contributed by atoms with Crippen LogP contribution in [0.1, 0.15) is 22.3 Å². The van der Waals surface area contributed by atoms with Gasteiger partial charge >= 0.3 is 6.18 Å². The van der Waals surface area contributed by atoms with E-state index in [0.29, 0.717) is 0 Å². The number of para-hydroxylation sites is 1. The lowest BCUT2D eigenvalue weighted by atomic mass is 10.0. The highest BCUT2D eigenvalue weighted by Crippen LogP contribution is 2.37. The van der Waals surface area contributed by atoms with E-state index in [2.05, 4.69) is 15.6 Å². The molecule has 0 unspecified atom stereocenters. The molecule has 0 saturated carbocycles. The number of anilines is 2. The number of alkyl halides is 3. The van der Waals surface area contributed by atoms with Crippen molar-refractivity contribution in [2.45, 2.75) is 12.6 Å². The summed E-state index contributed by atoms with van der Waals surface area (Å²) in [5.74, 6) is -2.33. The number of aromatic nitrogens is 1. The summed E-state index contributed by atoms with van der Waals surface area (Å²) in [6.07, 6.45) is -2.40. The summed E-state index contributed by atoms with van der Waals surface area (Å²) < 4.78 is 39.9. The van der Waals surface area contributed by atoms with Crippen molar-refractivity contribution in [3.05, 3.63) is 40.9 Å². The van der Waals surface area contributed by atoms with E-state index in [-0.39, 0.29) is 16.4 Å². The summed E-state index contributed by atoms with van der Waals surface area (Å²) in [7, 11) is 0. The fourth-order valence-electron chi connectivity index (χ4n) is 2.15. The Balaban J connectivity index is 2.29. The molecular weight excluding hydrogens is 403 g/mol. The van der Waals surface area contributed by atoms with Crippen LogP contribution in [-0.2, 0) is 15.8 Å². The smallest absolute Gasteiger partial charge is 0.324 e. The van der Waals surface area contributed by atoms with Crippen LogP contribution in [0.5, 0.6) is 0 Å². The molecule has 144 valence electrons. The molecule has 0 saturated heterocycles. The average Bonchev–Trinajstić information content (AvgIpc) is 3.06. The van der Waals surface area contributed by atoms with Gasteiger partial charge in [-0.25, -0.2) is 4.98 Å². The highest BCUT2D eigenvalue weighted by Gasteiger charge is 2.36. The number of thioether (sulfide) groups is 1. The van der Waals surface area contributed by atoms with Crippen LogP contribution in [0.4, 0.5) is 24.0 Å². The number of carbonyl (C=O) groups excluding carboxylic acids is 3. The summed E-state index contributed by atoms with van der Waals surface area (Å²) in [6.45, 7) is 0. The zero-order valence-corrected chi connectivity index (χ0v) is 15.6. The van der Waals surface area contributed by atoms with E-state index >= 15 is 0 Å². The van der Waals surface area contributed by atoms with Crippen LogP contribution >= 0.6 is 23.1 Å². The van der Waals surface area contributed by atoms with Gasteiger partial charge in [-0.05, 0) is 18.4 Å². The standard InChI is InChI=1S/C16H14F3N3O3S2/c1-26-8-13(25)21-14-9(3-2-4-10(14)16(17,18)19)11(23)7-12(24)22-15-20-5-6-27-15/h2-6H,7-8H2,1H3,(H,21,25)(H,20,22,24). The molecule has 2 aromatic rings. The monoisotopic (exact) mass is 417 g/mol. The maximum Gasteiger partial charge on any atom is 0.418 e. The Morgan fingerprint density at radius 2 is 1.93 bits per heavy atom. The van der Waals surface area contributed by atoms with Crippen LogP contribution < -0.4 is 10.6 Å². The summed E-state index contributed by atoms with van der Waals surface area (Å²) in [6, 6.07) is 2.96. The van der Waals surface area contributed by atoms with Crippen LogP contribution in [0.2, 0.25) is 0 Å². The van der Waals surface area contributed by atoms with Crippen molar-refractivity contribution in [1.82, 2.24) is 4.98 Å². The molecule has 11 heteroatoms. The number of thiazole rings is 1. The molecule has 2 amide bonds. The zero-order chi connectivity index (χ0) is 20.0. The van der Waals surface area contributed by atoms with Crippen LogP contribution in [0.15, 0.2) is 29.8 Å². The third-order valence-corrected chi connectivity index (χ3v) is 4.45. The minimum absolute atomic E-state index is 0.0790. The number of nitrogens with one attached hydrogen (secondary N) is 2. The van der Waals surface area contributed by atoms with E-state index in [1.807, 2.05) is 0 Å². The number of nitrogens with zero attached hydrogens (tertiary/aromatic N) is 1. The Morgan fingerprint density at radius 3 is 2.52 bits per heavy atom. The second-order valence-electron chi connectivity index (χ2n) is 5.19. The lowest BCUT2D eigenvalue weighted by molar-refractivity contribution is -0.137. The molecule has 1 aromatic carbocycles. The van der Waals surface area contributed by atoms with Crippen molar-refractivity contribution in [1.29, 1.82) is 0 Å². The van der Waals surface area contributed by atoms with E-state index in [1.54, 1.807) is 11.6 Å². The van der Waals surface area contributed by atoms with Gasteiger partial charge in [0.2, 0.25) is 11.8 Å². The molecule has 2 rings (SSSR count). The average molecular weight is 417 g/mol. The van der Waals surface area contributed by atoms with Gasteiger partial charge in [0.25, 0.3) is 0 Å². The number of benzene rings is 1. The number of hydrogen-bond acceptors (Lipinski definition) is 6. The van der Waals surface area contributed by atoms with Gasteiger partial charge in [-0.15, -0.1) is 11.3 Å². The van der Waals surface area contributed by atoms with Crippen LogP contribution in [0, 0.1) is 0 Å². The second kappa shape index (κ2) is 9.00. The van der Waals surface area contributed by atoms with E-state index in [4.69, 9.17) is 0 Å². The molecule has 0 bridgehead atoms. The first-order chi connectivity index (χ1) is 12.7. The summed E-state index contributed by atoms with van der Waals surface area (Å²) in [5, 5.41) is 6.41. The molecule has 1 heterocycles. The van der Waals surface area contributed by atoms with Gasteiger partial charge in [0.15, 0.2) is 10.9 Å². The Morgan fingerprint density at radius 1 is 1.19 bits per heavy atom. The number of rotatable bonds is 7. The van der Waals surface area contributed by atoms with Crippen LogP contribution in [0.25, 0.3) is 0 Å². The second-order valence-corrected chi connectivity index (χ2v) is 6.95. The maximum atomic E-state index is 13.3. The van der Waals surface area contributed by atoms with E-state index in [0.717, 1.165) is 41.3 Å². The third-order valence-electron chi connectivity index (χ3n) is 3.21. The summed E-state index contributed by atoms with van der Waals surface area (Å²) >= 11 is 2.26. The largest absolute Gasteiger partial charge is 0.418 e. The molecule has 0 atom stereocenters. The predicted octanol–water partition coefficient (Wildman–Crippen LogP) is 3.67.